The molecule has 5 nitrogen and oxygen atoms in total. The lowest BCUT2D eigenvalue weighted by atomic mass is 9.86. The Morgan fingerprint density at radius 3 is 2.12 bits per heavy atom. The lowest BCUT2D eigenvalue weighted by Gasteiger charge is -2.35. The molecule has 1 fully saturated rings. The summed E-state index contributed by atoms with van der Waals surface area (Å²) in [6.07, 6.45) is 1.40. The van der Waals surface area contributed by atoms with Gasteiger partial charge >= 0.3 is 5.97 Å². The fraction of sp³-hybridized carbons (Fsp3) is 0.833. The van der Waals surface area contributed by atoms with Crippen molar-refractivity contribution in [2.75, 3.05) is 0 Å². The Balaban J connectivity index is 2.52. The topological polar surface area (TPSA) is 65.0 Å². The molecule has 0 spiro atoms. The Morgan fingerprint density at radius 1 is 1.15 bits per heavy atom. The normalized spacial score (nSPS) is 25.0. The van der Waals surface area contributed by atoms with Crippen LogP contribution >= 0.6 is 0 Å². The second-order valence-corrected chi connectivity index (χ2v) is 20.2. The second kappa shape index (κ2) is 9.79. The van der Waals surface area contributed by atoms with Gasteiger partial charge in [-0.15, -0.1) is 0 Å². The van der Waals surface area contributed by atoms with Crippen LogP contribution in [0, 0.1) is 5.92 Å². The van der Waals surface area contributed by atoms with E-state index in [0.717, 1.165) is 12.5 Å². The highest BCUT2D eigenvalue weighted by molar-refractivity contribution is 6.71. The number of carbonyl (C=O) groups is 1. The Kier molecular flexibility index (Phi) is 8.95. The van der Waals surface area contributed by atoms with Gasteiger partial charge in [0.15, 0.2) is 16.6 Å². The molecule has 0 aromatic heterocycles. The smallest absolute Gasteiger partial charge is 0.333 e. The molecule has 0 bridgehead atoms. The first-order valence-corrected chi connectivity index (χ1v) is 18.3. The number of hydrogen-bond acceptors (Lipinski definition) is 5. The number of aliphatic hydroxyl groups is 1. The van der Waals surface area contributed by atoms with E-state index in [1.165, 1.54) is 0 Å². The molecule has 0 heterocycles. The molecule has 0 saturated heterocycles. The highest BCUT2D eigenvalue weighted by Gasteiger charge is 2.33. The fourth-order valence-corrected chi connectivity index (χ4v) is 10.1. The molecule has 0 radical (unpaired) electrons. The summed E-state index contributed by atoms with van der Waals surface area (Å²) in [6, 6.07) is 1.10. The van der Waals surface area contributed by atoms with Gasteiger partial charge in [-0.05, 0) is 71.4 Å². The van der Waals surface area contributed by atoms with Gasteiger partial charge in [-0.25, -0.2) is 4.79 Å². The largest absolute Gasteiger partial charge is 0.456 e. The predicted molar refractivity (Wildman–Crippen MR) is 114 cm³/mol. The molecular weight excluding hydrogens is 380 g/mol. The first-order valence-electron chi connectivity index (χ1n) is 9.67. The van der Waals surface area contributed by atoms with E-state index in [-0.39, 0.29) is 5.91 Å². The molecule has 3 atom stereocenters. The first-order chi connectivity index (χ1) is 11.8. The summed E-state index contributed by atoms with van der Waals surface area (Å²) in [5.41, 5.74) is 0.376. The van der Waals surface area contributed by atoms with Crippen LogP contribution in [0.1, 0.15) is 26.2 Å². The van der Waals surface area contributed by atoms with Gasteiger partial charge in [0, 0.05) is 5.57 Å². The van der Waals surface area contributed by atoms with Crippen LogP contribution in [0.3, 0.4) is 0 Å². The molecule has 1 aliphatic carbocycles. The maximum atomic E-state index is 11.7. The molecule has 8 heteroatoms. The van der Waals surface area contributed by atoms with Crippen molar-refractivity contribution in [2.45, 2.75) is 89.6 Å². The quantitative estimate of drug-likeness (QED) is 0.269. The van der Waals surface area contributed by atoms with E-state index in [2.05, 4.69) is 45.9 Å². The lowest BCUT2D eigenvalue weighted by Crippen LogP contribution is -2.44. The molecule has 0 aromatic carbocycles. The summed E-state index contributed by atoms with van der Waals surface area (Å²) in [7, 11) is -3.85. The van der Waals surface area contributed by atoms with Crippen LogP contribution in [0.4, 0.5) is 0 Å². The van der Waals surface area contributed by atoms with E-state index in [4.69, 9.17) is 13.6 Å². The number of ether oxygens (including phenoxy) is 1. The van der Waals surface area contributed by atoms with Crippen LogP contribution in [0.5, 0.6) is 0 Å². The summed E-state index contributed by atoms with van der Waals surface area (Å²) in [4.78, 5) is 11.7. The van der Waals surface area contributed by atoms with Crippen LogP contribution in [-0.2, 0) is 18.4 Å². The number of carbonyl (C=O) groups excluding carboxylic acids is 1. The summed E-state index contributed by atoms with van der Waals surface area (Å²) >= 11 is 0. The number of esters is 1. The van der Waals surface area contributed by atoms with Crippen LogP contribution in [0.25, 0.3) is 0 Å². The molecule has 1 saturated carbocycles. The third kappa shape index (κ3) is 9.61. The van der Waals surface area contributed by atoms with Crippen LogP contribution < -0.4 is 0 Å². The van der Waals surface area contributed by atoms with Crippen molar-refractivity contribution in [1.82, 2.24) is 0 Å². The molecule has 0 aliphatic heterocycles. The molecule has 152 valence electrons. The van der Waals surface area contributed by atoms with Crippen molar-refractivity contribution in [2.24, 2.45) is 5.92 Å². The second-order valence-electron chi connectivity index (χ2n) is 9.44. The minimum absolute atomic E-state index is 0.00978. The lowest BCUT2D eigenvalue weighted by molar-refractivity contribution is -0.153. The molecule has 0 amide bonds. The van der Waals surface area contributed by atoms with Gasteiger partial charge in [0.2, 0.25) is 0 Å². The molecule has 26 heavy (non-hydrogen) atoms. The molecule has 1 rings (SSSR count). The third-order valence-corrected chi connectivity index (χ3v) is 8.81. The van der Waals surface area contributed by atoms with Crippen molar-refractivity contribution >= 4 is 32.1 Å². The van der Waals surface area contributed by atoms with E-state index in [0.29, 0.717) is 24.3 Å². The summed E-state index contributed by atoms with van der Waals surface area (Å²) in [5.74, 6) is 0.0490. The molecular formula is C18H38O5Si3. The van der Waals surface area contributed by atoms with Crippen molar-refractivity contribution in [1.29, 1.82) is 0 Å². The highest BCUT2D eigenvalue weighted by atomic mass is 28.4. The number of rotatable bonds is 9. The molecule has 1 N–H and O–H groups in total. The maximum Gasteiger partial charge on any atom is 0.333 e. The Bertz CT molecular complexity index is 468. The van der Waals surface area contributed by atoms with Gasteiger partial charge in [0.1, 0.15) is 12.0 Å². The van der Waals surface area contributed by atoms with E-state index in [1.54, 1.807) is 6.92 Å². The van der Waals surface area contributed by atoms with Crippen molar-refractivity contribution < 1.29 is 23.5 Å². The zero-order valence-electron chi connectivity index (χ0n) is 17.6. The monoisotopic (exact) mass is 418 g/mol. The Labute approximate surface area is 163 Å². The van der Waals surface area contributed by atoms with Crippen molar-refractivity contribution in [3.05, 3.63) is 12.2 Å². The van der Waals surface area contributed by atoms with Gasteiger partial charge in [0.05, 0.1) is 15.6 Å². The Morgan fingerprint density at radius 2 is 1.69 bits per heavy atom. The predicted octanol–water partition coefficient (Wildman–Crippen LogP) is 3.21. The fourth-order valence-electron chi connectivity index (χ4n) is 3.14. The minimum Gasteiger partial charge on any atom is -0.456 e. The zero-order valence-corrected chi connectivity index (χ0v) is 21.0. The van der Waals surface area contributed by atoms with Gasteiger partial charge in [-0.2, -0.15) is 0 Å². The Hall–Kier alpha value is -0.259. The molecule has 0 aromatic rings. The number of aliphatic hydroxyl groups excluding tert-OH is 1. The average Bonchev–Trinajstić information content (AvgIpc) is 2.43. The average molecular weight is 419 g/mol. The van der Waals surface area contributed by atoms with Crippen LogP contribution in [-0.4, -0.2) is 55.4 Å². The van der Waals surface area contributed by atoms with Gasteiger partial charge in [-0.3, -0.25) is 0 Å². The van der Waals surface area contributed by atoms with Crippen molar-refractivity contribution in [3.63, 3.8) is 0 Å². The highest BCUT2D eigenvalue weighted by Crippen LogP contribution is 2.30. The van der Waals surface area contributed by atoms with E-state index < -0.39 is 44.3 Å². The SMILES string of the molecule is C=C(C)C(=O)OC1CCC(C[SiH2]C(O[Si](C)(C)C)O[Si](C)(C)C)CC1O. The standard InChI is InChI=1S/C18H38O5Si3/c1-13(2)17(20)21-16-10-9-14(11-15(16)19)12-24-18(22-25(3,4)5)23-26(6,7)8/h14-16,18-19H,1,9-12,24H2,2-8H3. The van der Waals surface area contributed by atoms with Gasteiger partial charge in [0.25, 0.3) is 0 Å². The maximum absolute atomic E-state index is 11.7. The number of hydrogen-bond donors (Lipinski definition) is 1. The van der Waals surface area contributed by atoms with Gasteiger partial charge < -0.3 is 18.7 Å². The van der Waals surface area contributed by atoms with E-state index in [9.17, 15) is 9.90 Å². The van der Waals surface area contributed by atoms with Crippen LogP contribution in [0.2, 0.25) is 45.3 Å². The van der Waals surface area contributed by atoms with Crippen molar-refractivity contribution in [3.8, 4) is 0 Å². The summed E-state index contributed by atoms with van der Waals surface area (Å²) in [6.45, 7) is 18.4. The van der Waals surface area contributed by atoms with Gasteiger partial charge in [-0.1, -0.05) is 12.6 Å². The minimum atomic E-state index is -1.64. The summed E-state index contributed by atoms with van der Waals surface area (Å²) < 4.78 is 18.0. The zero-order chi connectivity index (χ0) is 20.1. The van der Waals surface area contributed by atoms with E-state index >= 15 is 0 Å². The first kappa shape index (κ1) is 23.8. The molecule has 3 unspecified atom stereocenters. The third-order valence-electron chi connectivity index (χ3n) is 4.25. The summed E-state index contributed by atoms with van der Waals surface area (Å²) in [5, 5.41) is 10.4. The molecule has 1 aliphatic rings. The van der Waals surface area contributed by atoms with E-state index in [1.807, 2.05) is 0 Å². The van der Waals surface area contributed by atoms with Crippen LogP contribution in [0.15, 0.2) is 12.2 Å².